The number of cyclic esters (lactones) is 1. The molecule has 0 aromatic heterocycles. The third-order valence-electron chi connectivity index (χ3n) is 10.8. The number of nitrogens with one attached hydrogen (secondary N) is 1. The van der Waals surface area contributed by atoms with E-state index in [-0.39, 0.29) is 30.8 Å². The Balaban J connectivity index is 2.23. The van der Waals surface area contributed by atoms with Crippen LogP contribution in [0, 0.1) is 23.7 Å². The number of ketones is 1. The Hall–Kier alpha value is -3.07. The minimum Gasteiger partial charge on any atom is -0.458 e. The second kappa shape index (κ2) is 16.5. The average molecular weight is 711 g/mol. The lowest BCUT2D eigenvalue weighted by Gasteiger charge is -2.49. The minimum atomic E-state index is -1.38. The Kier molecular flexibility index (Phi) is 13.7. The second-order valence-electron chi connectivity index (χ2n) is 14.8. The maximum atomic E-state index is 14.2. The van der Waals surface area contributed by atoms with Crippen molar-refractivity contribution in [2.75, 3.05) is 21.2 Å². The van der Waals surface area contributed by atoms with Gasteiger partial charge in [-0.2, -0.15) is 0 Å². The van der Waals surface area contributed by atoms with Crippen molar-refractivity contribution in [3.8, 4) is 0 Å². The molecule has 0 unspecified atom stereocenters. The van der Waals surface area contributed by atoms with E-state index in [2.05, 4.69) is 11.9 Å². The number of fused-ring (bicyclic) bond motifs is 1. The molecular formula is C36H58N2O12. The van der Waals surface area contributed by atoms with Gasteiger partial charge in [0.1, 0.15) is 18.0 Å². The largest absolute Gasteiger partial charge is 0.458 e. The first-order chi connectivity index (χ1) is 23.2. The predicted molar refractivity (Wildman–Crippen MR) is 181 cm³/mol. The van der Waals surface area contributed by atoms with Gasteiger partial charge in [0.25, 0.3) is 0 Å². The normalized spacial score (nSPS) is 41.6. The molecule has 1 amide bonds. The first-order valence-corrected chi connectivity index (χ1v) is 17.5. The first-order valence-electron chi connectivity index (χ1n) is 17.5. The van der Waals surface area contributed by atoms with E-state index in [0.717, 1.165) is 6.08 Å². The van der Waals surface area contributed by atoms with E-state index in [9.17, 15) is 24.0 Å². The van der Waals surface area contributed by atoms with Crippen LogP contribution in [0.3, 0.4) is 0 Å². The quantitative estimate of drug-likeness (QED) is 0.221. The molecule has 284 valence electrons. The van der Waals surface area contributed by atoms with E-state index in [1.807, 2.05) is 25.9 Å². The van der Waals surface area contributed by atoms with Crippen LogP contribution in [-0.4, -0.2) is 116 Å². The summed E-state index contributed by atoms with van der Waals surface area (Å²) in [6.45, 7) is 18.8. The molecule has 3 aliphatic heterocycles. The molecule has 3 heterocycles. The first kappa shape index (κ1) is 41.4. The number of ether oxygens (including phenoxy) is 7. The van der Waals surface area contributed by atoms with Gasteiger partial charge in [-0.15, -0.1) is 0 Å². The van der Waals surface area contributed by atoms with E-state index in [4.69, 9.17) is 33.2 Å². The Morgan fingerprint density at radius 3 is 2.22 bits per heavy atom. The fourth-order valence-electron chi connectivity index (χ4n) is 8.02. The number of hydrogen-bond acceptors (Lipinski definition) is 13. The maximum absolute atomic E-state index is 14.2. The number of alkyl carbamates (subject to hydrolysis) is 1. The Labute approximate surface area is 296 Å². The summed E-state index contributed by atoms with van der Waals surface area (Å²) in [7, 11) is 5.23. The van der Waals surface area contributed by atoms with Gasteiger partial charge in [0, 0.05) is 37.9 Å². The van der Waals surface area contributed by atoms with E-state index in [0.29, 0.717) is 6.42 Å². The van der Waals surface area contributed by atoms with E-state index >= 15 is 0 Å². The number of esters is 3. The van der Waals surface area contributed by atoms with Crippen molar-refractivity contribution in [2.45, 2.75) is 142 Å². The van der Waals surface area contributed by atoms with Crippen LogP contribution >= 0.6 is 0 Å². The third kappa shape index (κ3) is 8.68. The summed E-state index contributed by atoms with van der Waals surface area (Å²) in [5.74, 6) is -5.46. The molecule has 0 aliphatic carbocycles. The van der Waals surface area contributed by atoms with Crippen molar-refractivity contribution in [2.24, 2.45) is 23.7 Å². The minimum absolute atomic E-state index is 0.121. The number of amides is 1. The van der Waals surface area contributed by atoms with Crippen LogP contribution in [0.1, 0.15) is 81.6 Å². The molecule has 0 radical (unpaired) electrons. The SMILES string of the molecule is C=CC(=O)O[C@H]1[C@H](C)[C@@H](O[C@@H]2O[C@H](C)C[C@H](N(C)C)[C@H]2OC(C)=O)[C@](C)(OC)C[C@@H](C)C(=O)[C@H](C)[C@H]2NC(=O)O[C@]2(C)[C@@H](CC)OC(=O)[C@@H]1C. The zero-order valence-electron chi connectivity index (χ0n) is 31.7. The van der Waals surface area contributed by atoms with Gasteiger partial charge in [-0.25, -0.2) is 9.59 Å². The number of likely N-dealkylation sites (N-methyl/N-ethyl adjacent to an activating group) is 1. The van der Waals surface area contributed by atoms with Gasteiger partial charge in [0.2, 0.25) is 0 Å². The number of carbonyl (C=O) groups excluding carboxylic acids is 5. The standard InChI is InChI=1S/C36H58N2O12/c1-14-25-36(10)30(37-34(43)50-36)20(5)27(41)18(3)17-35(9,44-13)31(21(6)28(48-26(40)15-2)22(7)32(42)47-25)49-33-29(46-23(8)39)24(38(11)12)16-19(4)45-33/h15,18-22,24-25,28-31,33H,2,14,16-17H2,1,3-13H3,(H,37,43)/t18-,19-,20+,21+,22-,24+,25-,28+,29-,30-,31-,33+,35-,36-/m1/s1. The molecule has 0 aromatic rings. The summed E-state index contributed by atoms with van der Waals surface area (Å²) < 4.78 is 42.9. The molecule has 14 heteroatoms. The summed E-state index contributed by atoms with van der Waals surface area (Å²) in [4.78, 5) is 68.0. The molecule has 14 nitrogen and oxygen atoms in total. The van der Waals surface area contributed by atoms with Crippen molar-refractivity contribution in [3.05, 3.63) is 12.7 Å². The Morgan fingerprint density at radius 2 is 1.68 bits per heavy atom. The van der Waals surface area contributed by atoms with Crippen molar-refractivity contribution < 1.29 is 57.1 Å². The lowest BCUT2D eigenvalue weighted by atomic mass is 9.73. The van der Waals surface area contributed by atoms with Gasteiger partial charge >= 0.3 is 24.0 Å². The zero-order chi connectivity index (χ0) is 37.9. The van der Waals surface area contributed by atoms with Crippen LogP contribution in [-0.2, 0) is 52.3 Å². The molecule has 14 atom stereocenters. The molecular weight excluding hydrogens is 652 g/mol. The highest BCUT2D eigenvalue weighted by Crippen LogP contribution is 2.41. The van der Waals surface area contributed by atoms with Crippen LogP contribution in [0.4, 0.5) is 4.79 Å². The highest BCUT2D eigenvalue weighted by Gasteiger charge is 2.57. The smallest absolute Gasteiger partial charge is 0.408 e. The highest BCUT2D eigenvalue weighted by molar-refractivity contribution is 5.85. The number of Topliss-reactive ketones (excluding diaryl/α,β-unsaturated/α-hetero) is 1. The van der Waals surface area contributed by atoms with Gasteiger partial charge < -0.3 is 43.4 Å². The molecule has 3 aliphatic rings. The number of carbonyl (C=O) groups is 5. The predicted octanol–water partition coefficient (Wildman–Crippen LogP) is 3.58. The molecule has 0 saturated carbocycles. The molecule has 0 bridgehead atoms. The van der Waals surface area contributed by atoms with E-state index in [1.165, 1.54) is 14.0 Å². The summed E-state index contributed by atoms with van der Waals surface area (Å²) in [6, 6.07) is -1.09. The van der Waals surface area contributed by atoms with Gasteiger partial charge in [0.15, 0.2) is 18.0 Å². The number of rotatable bonds is 8. The van der Waals surface area contributed by atoms with Crippen LogP contribution in [0.15, 0.2) is 12.7 Å². The van der Waals surface area contributed by atoms with Crippen LogP contribution in [0.5, 0.6) is 0 Å². The van der Waals surface area contributed by atoms with Gasteiger partial charge in [-0.1, -0.05) is 34.3 Å². The molecule has 0 aromatic carbocycles. The number of hydrogen-bond donors (Lipinski definition) is 1. The molecule has 3 saturated heterocycles. The van der Waals surface area contributed by atoms with Crippen molar-refractivity contribution >= 4 is 29.8 Å². The van der Waals surface area contributed by atoms with E-state index in [1.54, 1.807) is 48.5 Å². The van der Waals surface area contributed by atoms with Crippen molar-refractivity contribution in [1.29, 1.82) is 0 Å². The number of methoxy groups -OCH3 is 1. The summed E-state index contributed by atoms with van der Waals surface area (Å²) in [6.07, 6.45) is -4.17. The summed E-state index contributed by atoms with van der Waals surface area (Å²) in [5, 5.41) is 2.78. The molecule has 0 spiro atoms. The highest BCUT2D eigenvalue weighted by atomic mass is 16.7. The molecule has 3 fully saturated rings. The molecule has 50 heavy (non-hydrogen) atoms. The summed E-state index contributed by atoms with van der Waals surface area (Å²) >= 11 is 0. The van der Waals surface area contributed by atoms with Crippen LogP contribution in [0.2, 0.25) is 0 Å². The monoisotopic (exact) mass is 710 g/mol. The summed E-state index contributed by atoms with van der Waals surface area (Å²) in [5.41, 5.74) is -2.65. The zero-order valence-corrected chi connectivity index (χ0v) is 31.7. The lowest BCUT2D eigenvalue weighted by Crippen LogP contribution is -2.61. The fraction of sp³-hybridized carbons (Fsp3) is 0.806. The van der Waals surface area contributed by atoms with E-state index < -0.39 is 95.6 Å². The van der Waals surface area contributed by atoms with Gasteiger partial charge in [-0.3, -0.25) is 14.4 Å². The lowest BCUT2D eigenvalue weighted by molar-refractivity contribution is -0.303. The third-order valence-corrected chi connectivity index (χ3v) is 10.8. The average Bonchev–Trinajstić information content (AvgIpc) is 3.37. The van der Waals surface area contributed by atoms with Crippen LogP contribution < -0.4 is 5.32 Å². The van der Waals surface area contributed by atoms with Crippen molar-refractivity contribution in [3.63, 3.8) is 0 Å². The number of nitrogens with zero attached hydrogens (tertiary/aromatic N) is 1. The Bertz CT molecular complexity index is 1280. The molecule has 1 N–H and O–H groups in total. The van der Waals surface area contributed by atoms with Crippen molar-refractivity contribution in [1.82, 2.24) is 10.2 Å². The van der Waals surface area contributed by atoms with Gasteiger partial charge in [-0.05, 0) is 61.1 Å². The second-order valence-corrected chi connectivity index (χ2v) is 14.8. The fourth-order valence-corrected chi connectivity index (χ4v) is 8.02. The van der Waals surface area contributed by atoms with Gasteiger partial charge in [0.05, 0.1) is 35.8 Å². The Morgan fingerprint density at radius 1 is 1.04 bits per heavy atom. The molecule has 3 rings (SSSR count). The topological polar surface area (TPSA) is 165 Å². The van der Waals surface area contributed by atoms with Crippen LogP contribution in [0.25, 0.3) is 0 Å². The maximum Gasteiger partial charge on any atom is 0.408 e.